The van der Waals surface area contributed by atoms with Crippen molar-refractivity contribution in [3.63, 3.8) is 0 Å². The van der Waals surface area contributed by atoms with Crippen molar-refractivity contribution in [1.29, 1.82) is 0 Å². The first kappa shape index (κ1) is 11.5. The van der Waals surface area contributed by atoms with Crippen molar-refractivity contribution in [1.82, 2.24) is 5.32 Å². The molecule has 0 spiro atoms. The summed E-state index contributed by atoms with van der Waals surface area (Å²) in [6, 6.07) is 8.22. The molecule has 0 unspecified atom stereocenters. The van der Waals surface area contributed by atoms with Gasteiger partial charge in [0.2, 0.25) is 0 Å². The lowest BCUT2D eigenvalue weighted by atomic mass is 10.1. The summed E-state index contributed by atoms with van der Waals surface area (Å²) < 4.78 is 0.827. The molecule has 0 aliphatic carbocycles. The van der Waals surface area contributed by atoms with Crippen LogP contribution in [0.25, 0.3) is 0 Å². The summed E-state index contributed by atoms with van der Waals surface area (Å²) >= 11 is 6.59. The summed E-state index contributed by atoms with van der Waals surface area (Å²) in [7, 11) is 0. The largest absolute Gasteiger partial charge is 0.367 e. The monoisotopic (exact) mass is 226 g/mol. The van der Waals surface area contributed by atoms with Gasteiger partial charge in [-0.2, -0.15) is 0 Å². The Morgan fingerprint density at radius 1 is 1.36 bits per heavy atom. The van der Waals surface area contributed by atoms with E-state index in [4.69, 9.17) is 18.0 Å². The molecule has 0 saturated carbocycles. The number of nitrogens with two attached hydrogens (primary N) is 1. The second-order valence-electron chi connectivity index (χ2n) is 2.87. The average Bonchev–Trinajstić information content (AvgIpc) is 2.26. The Balaban J connectivity index is 2.47. The molecule has 0 radical (unpaired) electrons. The van der Waals surface area contributed by atoms with Crippen LogP contribution in [0.1, 0.15) is 11.1 Å². The van der Waals surface area contributed by atoms with Crippen molar-refractivity contribution in [2.75, 3.05) is 6.26 Å². The zero-order chi connectivity index (χ0) is 10.4. The molecule has 14 heavy (non-hydrogen) atoms. The van der Waals surface area contributed by atoms with Gasteiger partial charge in [0.25, 0.3) is 0 Å². The lowest BCUT2D eigenvalue weighted by Crippen LogP contribution is -2.17. The Labute approximate surface area is 94.3 Å². The Hall–Kier alpha value is -0.580. The first-order valence-corrected chi connectivity index (χ1v) is 5.99. The lowest BCUT2D eigenvalue weighted by molar-refractivity contribution is 0.936. The van der Waals surface area contributed by atoms with E-state index in [-0.39, 0.29) is 0 Å². The molecular formula is C10H14N2S2. The molecule has 76 valence electrons. The summed E-state index contributed by atoms with van der Waals surface area (Å²) in [4.78, 5) is 0. The first-order chi connectivity index (χ1) is 6.76. The zero-order valence-corrected chi connectivity index (χ0v) is 9.75. The predicted octanol–water partition coefficient (Wildman–Crippen LogP) is 1.88. The predicted molar refractivity (Wildman–Crippen MR) is 67.3 cm³/mol. The maximum atomic E-state index is 5.50. The number of thioether (sulfide) groups is 1. The van der Waals surface area contributed by atoms with Crippen molar-refractivity contribution >= 4 is 28.3 Å². The third-order valence-corrected chi connectivity index (χ3v) is 3.04. The molecule has 1 aromatic rings. The Bertz CT molecular complexity index is 295. The van der Waals surface area contributed by atoms with Crippen LogP contribution in [-0.4, -0.2) is 10.6 Å². The molecule has 0 aromatic heterocycles. The molecule has 1 aromatic carbocycles. The van der Waals surface area contributed by atoms with Crippen LogP contribution < -0.4 is 11.1 Å². The van der Waals surface area contributed by atoms with Gasteiger partial charge in [-0.05, 0) is 17.4 Å². The lowest BCUT2D eigenvalue weighted by Gasteiger charge is -2.05. The van der Waals surface area contributed by atoms with Gasteiger partial charge in [-0.3, -0.25) is 0 Å². The first-order valence-electron chi connectivity index (χ1n) is 4.36. The van der Waals surface area contributed by atoms with Gasteiger partial charge in [0.05, 0.1) is 0 Å². The van der Waals surface area contributed by atoms with Crippen LogP contribution in [0.15, 0.2) is 24.3 Å². The van der Waals surface area contributed by atoms with E-state index >= 15 is 0 Å². The van der Waals surface area contributed by atoms with Crippen molar-refractivity contribution in [2.24, 2.45) is 5.73 Å². The number of rotatable bonds is 3. The van der Waals surface area contributed by atoms with E-state index in [1.165, 1.54) is 5.56 Å². The highest BCUT2D eigenvalue weighted by Gasteiger charge is 1.95. The molecule has 4 heteroatoms. The van der Waals surface area contributed by atoms with Gasteiger partial charge >= 0.3 is 0 Å². The minimum atomic E-state index is 0.594. The molecule has 0 aliphatic heterocycles. The third kappa shape index (κ3) is 3.65. The molecule has 0 bridgehead atoms. The van der Waals surface area contributed by atoms with E-state index in [0.717, 1.165) is 16.4 Å². The number of thiocarbonyl (C=S) groups is 1. The van der Waals surface area contributed by atoms with Gasteiger partial charge in [0.1, 0.15) is 4.32 Å². The van der Waals surface area contributed by atoms with E-state index in [0.29, 0.717) is 6.54 Å². The standard InChI is InChI=1S/C10H14N2S2/c1-14-10(13)12-7-9-4-2-8(6-11)3-5-9/h2-5H,6-7,11H2,1H3,(H,12,13). The molecule has 0 heterocycles. The van der Waals surface area contributed by atoms with Gasteiger partial charge in [-0.25, -0.2) is 0 Å². The normalized spacial score (nSPS) is 9.86. The summed E-state index contributed by atoms with van der Waals surface area (Å²) in [5.74, 6) is 0. The molecule has 0 amide bonds. The van der Waals surface area contributed by atoms with Gasteiger partial charge < -0.3 is 11.1 Å². The van der Waals surface area contributed by atoms with E-state index in [9.17, 15) is 0 Å². The highest BCUT2D eigenvalue weighted by Crippen LogP contribution is 2.04. The number of nitrogens with one attached hydrogen (secondary N) is 1. The van der Waals surface area contributed by atoms with Crippen LogP contribution in [0.2, 0.25) is 0 Å². The molecular weight excluding hydrogens is 212 g/mol. The average molecular weight is 226 g/mol. The van der Waals surface area contributed by atoms with Gasteiger partial charge in [0.15, 0.2) is 0 Å². The van der Waals surface area contributed by atoms with Crippen LogP contribution in [0.4, 0.5) is 0 Å². The Kier molecular flexibility index (Phi) is 4.93. The van der Waals surface area contributed by atoms with E-state index in [1.54, 1.807) is 11.8 Å². The number of hydrogen-bond acceptors (Lipinski definition) is 3. The molecule has 2 nitrogen and oxygen atoms in total. The van der Waals surface area contributed by atoms with E-state index in [1.807, 2.05) is 18.4 Å². The fourth-order valence-corrected chi connectivity index (χ4v) is 1.33. The van der Waals surface area contributed by atoms with Crippen LogP contribution in [0.5, 0.6) is 0 Å². The minimum Gasteiger partial charge on any atom is -0.367 e. The maximum absolute atomic E-state index is 5.50. The van der Waals surface area contributed by atoms with E-state index in [2.05, 4.69) is 17.4 Å². The van der Waals surface area contributed by atoms with Crippen LogP contribution in [0.3, 0.4) is 0 Å². The topological polar surface area (TPSA) is 38.0 Å². The highest BCUT2D eigenvalue weighted by atomic mass is 32.2. The van der Waals surface area contributed by atoms with Crippen LogP contribution >= 0.6 is 24.0 Å². The number of hydrogen-bond donors (Lipinski definition) is 2. The second kappa shape index (κ2) is 6.01. The van der Waals surface area contributed by atoms with Crippen molar-refractivity contribution < 1.29 is 0 Å². The van der Waals surface area contributed by atoms with Crippen molar-refractivity contribution in [3.8, 4) is 0 Å². The van der Waals surface area contributed by atoms with Gasteiger partial charge in [-0.15, -0.1) is 11.8 Å². The van der Waals surface area contributed by atoms with Crippen LogP contribution in [-0.2, 0) is 13.1 Å². The van der Waals surface area contributed by atoms with Crippen molar-refractivity contribution in [2.45, 2.75) is 13.1 Å². The molecule has 3 N–H and O–H groups in total. The quantitative estimate of drug-likeness (QED) is 0.772. The summed E-state index contributed by atoms with van der Waals surface area (Å²) in [6.45, 7) is 1.38. The molecule has 0 fully saturated rings. The zero-order valence-electron chi connectivity index (χ0n) is 8.12. The maximum Gasteiger partial charge on any atom is 0.133 e. The summed E-state index contributed by atoms with van der Waals surface area (Å²) in [5, 5.41) is 3.15. The Morgan fingerprint density at radius 2 is 1.93 bits per heavy atom. The number of benzene rings is 1. The van der Waals surface area contributed by atoms with Crippen molar-refractivity contribution in [3.05, 3.63) is 35.4 Å². The molecule has 0 aliphatic rings. The smallest absolute Gasteiger partial charge is 0.133 e. The molecule has 0 saturated heterocycles. The summed E-state index contributed by atoms with van der Waals surface area (Å²) in [6.07, 6.45) is 1.97. The summed E-state index contributed by atoms with van der Waals surface area (Å²) in [5.41, 5.74) is 7.88. The van der Waals surface area contributed by atoms with Crippen LogP contribution in [0, 0.1) is 0 Å². The Morgan fingerprint density at radius 3 is 2.43 bits per heavy atom. The molecule has 0 atom stereocenters. The molecule has 1 rings (SSSR count). The SMILES string of the molecule is CSC(=S)NCc1ccc(CN)cc1. The second-order valence-corrected chi connectivity index (χ2v) is 4.35. The third-order valence-electron chi connectivity index (χ3n) is 1.88. The van der Waals surface area contributed by atoms with E-state index < -0.39 is 0 Å². The fourth-order valence-electron chi connectivity index (χ4n) is 1.04. The fraction of sp³-hybridized carbons (Fsp3) is 0.300. The van der Waals surface area contributed by atoms with Gasteiger partial charge in [-0.1, -0.05) is 36.5 Å². The minimum absolute atomic E-state index is 0.594. The highest BCUT2D eigenvalue weighted by molar-refractivity contribution is 8.22. The van der Waals surface area contributed by atoms with Gasteiger partial charge in [0, 0.05) is 13.1 Å².